The molecule has 1 saturated heterocycles. The van der Waals surface area contributed by atoms with E-state index in [4.69, 9.17) is 0 Å². The SMILES string of the molecule is Cc1ccc(NC(=O)c2ccccc2)cc1NC(=O)C1CCCNC1.Cl. The van der Waals surface area contributed by atoms with Crippen LogP contribution in [0.1, 0.15) is 28.8 Å². The van der Waals surface area contributed by atoms with E-state index in [0.717, 1.165) is 37.2 Å². The summed E-state index contributed by atoms with van der Waals surface area (Å²) in [6.07, 6.45) is 1.92. The molecule has 0 bridgehead atoms. The molecule has 6 heteroatoms. The lowest BCUT2D eigenvalue weighted by Crippen LogP contribution is -2.37. The third-order valence-corrected chi connectivity index (χ3v) is 4.46. The zero-order chi connectivity index (χ0) is 17.6. The molecular weight excluding hydrogens is 350 g/mol. The predicted octanol–water partition coefficient (Wildman–Crippen LogP) is 3.61. The maximum atomic E-state index is 12.4. The van der Waals surface area contributed by atoms with Gasteiger partial charge in [0.05, 0.1) is 5.92 Å². The molecule has 2 aromatic carbocycles. The Balaban J connectivity index is 0.00000243. The monoisotopic (exact) mass is 373 g/mol. The molecule has 0 radical (unpaired) electrons. The smallest absolute Gasteiger partial charge is 0.255 e. The first-order chi connectivity index (χ1) is 12.1. The fourth-order valence-electron chi connectivity index (χ4n) is 2.94. The van der Waals surface area contributed by atoms with Crippen LogP contribution in [0.5, 0.6) is 0 Å². The number of carbonyl (C=O) groups excluding carboxylic acids is 2. The van der Waals surface area contributed by atoms with Crippen molar-refractivity contribution in [1.29, 1.82) is 0 Å². The number of anilines is 2. The summed E-state index contributed by atoms with van der Waals surface area (Å²) in [5.74, 6) is -0.143. The van der Waals surface area contributed by atoms with Crippen LogP contribution in [0.25, 0.3) is 0 Å². The summed E-state index contributed by atoms with van der Waals surface area (Å²) < 4.78 is 0. The molecule has 0 spiro atoms. The van der Waals surface area contributed by atoms with E-state index in [1.165, 1.54) is 0 Å². The first-order valence-corrected chi connectivity index (χ1v) is 8.62. The molecule has 0 saturated carbocycles. The Kier molecular flexibility index (Phi) is 7.18. The highest BCUT2D eigenvalue weighted by atomic mass is 35.5. The molecule has 2 aromatic rings. The van der Waals surface area contributed by atoms with Gasteiger partial charge in [-0.3, -0.25) is 9.59 Å². The Labute approximate surface area is 160 Å². The summed E-state index contributed by atoms with van der Waals surface area (Å²) in [7, 11) is 0. The van der Waals surface area contributed by atoms with Gasteiger partial charge in [-0.1, -0.05) is 24.3 Å². The van der Waals surface area contributed by atoms with Gasteiger partial charge in [-0.15, -0.1) is 12.4 Å². The average molecular weight is 374 g/mol. The molecule has 1 fully saturated rings. The van der Waals surface area contributed by atoms with Gasteiger partial charge >= 0.3 is 0 Å². The maximum Gasteiger partial charge on any atom is 0.255 e. The molecular formula is C20H24ClN3O2. The van der Waals surface area contributed by atoms with Crippen LogP contribution in [0.4, 0.5) is 11.4 Å². The Bertz CT molecular complexity index is 759. The highest BCUT2D eigenvalue weighted by molar-refractivity contribution is 6.04. The van der Waals surface area contributed by atoms with Crippen LogP contribution in [-0.4, -0.2) is 24.9 Å². The molecule has 2 amide bonds. The van der Waals surface area contributed by atoms with Gasteiger partial charge in [0, 0.05) is 23.5 Å². The van der Waals surface area contributed by atoms with Crippen molar-refractivity contribution >= 4 is 35.6 Å². The zero-order valence-corrected chi connectivity index (χ0v) is 15.6. The van der Waals surface area contributed by atoms with Crippen molar-refractivity contribution in [3.63, 3.8) is 0 Å². The van der Waals surface area contributed by atoms with E-state index >= 15 is 0 Å². The molecule has 26 heavy (non-hydrogen) atoms. The van der Waals surface area contributed by atoms with Gasteiger partial charge in [-0.05, 0) is 56.1 Å². The van der Waals surface area contributed by atoms with Crippen LogP contribution in [0, 0.1) is 12.8 Å². The van der Waals surface area contributed by atoms with Crippen molar-refractivity contribution in [2.75, 3.05) is 23.7 Å². The Morgan fingerprint density at radius 1 is 1.08 bits per heavy atom. The van der Waals surface area contributed by atoms with E-state index in [-0.39, 0.29) is 30.1 Å². The van der Waals surface area contributed by atoms with Gasteiger partial charge in [-0.2, -0.15) is 0 Å². The van der Waals surface area contributed by atoms with Gasteiger partial charge in [0.2, 0.25) is 5.91 Å². The van der Waals surface area contributed by atoms with Crippen LogP contribution in [0.15, 0.2) is 48.5 Å². The lowest BCUT2D eigenvalue weighted by Gasteiger charge is -2.22. The minimum atomic E-state index is -0.168. The molecule has 1 heterocycles. The van der Waals surface area contributed by atoms with Gasteiger partial charge in [-0.25, -0.2) is 0 Å². The van der Waals surface area contributed by atoms with Crippen LogP contribution in [0.2, 0.25) is 0 Å². The first-order valence-electron chi connectivity index (χ1n) is 8.62. The largest absolute Gasteiger partial charge is 0.325 e. The molecule has 5 nitrogen and oxygen atoms in total. The number of hydrogen-bond donors (Lipinski definition) is 3. The van der Waals surface area contributed by atoms with Crippen molar-refractivity contribution in [2.24, 2.45) is 5.92 Å². The number of hydrogen-bond acceptors (Lipinski definition) is 3. The van der Waals surface area contributed by atoms with E-state index in [0.29, 0.717) is 11.3 Å². The second-order valence-electron chi connectivity index (χ2n) is 6.38. The lowest BCUT2D eigenvalue weighted by molar-refractivity contribution is -0.120. The summed E-state index contributed by atoms with van der Waals surface area (Å²) in [6.45, 7) is 3.64. The predicted molar refractivity (Wildman–Crippen MR) is 107 cm³/mol. The molecule has 138 valence electrons. The van der Waals surface area contributed by atoms with E-state index < -0.39 is 0 Å². The normalized spacial score (nSPS) is 16.3. The summed E-state index contributed by atoms with van der Waals surface area (Å²) >= 11 is 0. The van der Waals surface area contributed by atoms with E-state index in [9.17, 15) is 9.59 Å². The molecule has 3 N–H and O–H groups in total. The summed E-state index contributed by atoms with van der Waals surface area (Å²) in [4.78, 5) is 24.7. The molecule has 1 aliphatic rings. The van der Waals surface area contributed by atoms with E-state index in [1.54, 1.807) is 12.1 Å². The maximum absolute atomic E-state index is 12.4. The molecule has 0 aromatic heterocycles. The minimum Gasteiger partial charge on any atom is -0.325 e. The Hall–Kier alpha value is -2.37. The van der Waals surface area contributed by atoms with Crippen molar-refractivity contribution in [3.8, 4) is 0 Å². The van der Waals surface area contributed by atoms with E-state index in [2.05, 4.69) is 16.0 Å². The fourth-order valence-corrected chi connectivity index (χ4v) is 2.94. The summed E-state index contributed by atoms with van der Waals surface area (Å²) in [6, 6.07) is 14.6. The number of benzene rings is 2. The molecule has 0 aliphatic carbocycles. The first kappa shape index (κ1) is 19.9. The quantitative estimate of drug-likeness (QED) is 0.766. The number of nitrogens with one attached hydrogen (secondary N) is 3. The van der Waals surface area contributed by atoms with Crippen LogP contribution >= 0.6 is 12.4 Å². The second kappa shape index (κ2) is 9.36. The van der Waals surface area contributed by atoms with Crippen molar-refractivity contribution in [3.05, 3.63) is 59.7 Å². The standard InChI is InChI=1S/C20H23N3O2.ClH/c1-14-9-10-17(22-19(24)15-6-3-2-4-7-15)12-18(14)23-20(25)16-8-5-11-21-13-16;/h2-4,6-7,9-10,12,16,21H,5,8,11,13H2,1H3,(H,22,24)(H,23,25);1H. The van der Waals surface area contributed by atoms with Gasteiger partial charge in [0.15, 0.2) is 0 Å². The highest BCUT2D eigenvalue weighted by Gasteiger charge is 2.21. The number of rotatable bonds is 4. The van der Waals surface area contributed by atoms with Gasteiger partial charge in [0.1, 0.15) is 0 Å². The zero-order valence-electron chi connectivity index (χ0n) is 14.7. The van der Waals surface area contributed by atoms with Crippen molar-refractivity contribution in [2.45, 2.75) is 19.8 Å². The number of carbonyl (C=O) groups is 2. The lowest BCUT2D eigenvalue weighted by atomic mass is 9.98. The molecule has 1 unspecified atom stereocenters. The van der Waals surface area contributed by atoms with Gasteiger partial charge < -0.3 is 16.0 Å². The van der Waals surface area contributed by atoms with Crippen LogP contribution in [0.3, 0.4) is 0 Å². The van der Waals surface area contributed by atoms with E-state index in [1.807, 2.05) is 43.3 Å². The number of halogens is 1. The number of amides is 2. The topological polar surface area (TPSA) is 70.2 Å². The second-order valence-corrected chi connectivity index (χ2v) is 6.38. The Morgan fingerprint density at radius 2 is 1.85 bits per heavy atom. The summed E-state index contributed by atoms with van der Waals surface area (Å²) in [5, 5.41) is 9.13. The van der Waals surface area contributed by atoms with Gasteiger partial charge in [0.25, 0.3) is 5.91 Å². The van der Waals surface area contributed by atoms with Crippen molar-refractivity contribution in [1.82, 2.24) is 5.32 Å². The molecule has 3 rings (SSSR count). The fraction of sp³-hybridized carbons (Fsp3) is 0.300. The number of aryl methyl sites for hydroxylation is 1. The Morgan fingerprint density at radius 3 is 2.54 bits per heavy atom. The third kappa shape index (κ3) is 5.07. The third-order valence-electron chi connectivity index (χ3n) is 4.46. The summed E-state index contributed by atoms with van der Waals surface area (Å²) in [5.41, 5.74) is 2.97. The molecule has 1 aliphatic heterocycles. The minimum absolute atomic E-state index is 0. The van der Waals surface area contributed by atoms with Crippen LogP contribution < -0.4 is 16.0 Å². The molecule has 1 atom stereocenters. The number of piperidine rings is 1. The average Bonchev–Trinajstić information content (AvgIpc) is 2.66. The highest BCUT2D eigenvalue weighted by Crippen LogP contribution is 2.22. The van der Waals surface area contributed by atoms with Crippen LogP contribution in [-0.2, 0) is 4.79 Å². The van der Waals surface area contributed by atoms with Crippen molar-refractivity contribution < 1.29 is 9.59 Å².